The van der Waals surface area contributed by atoms with Crippen molar-refractivity contribution in [2.45, 2.75) is 11.8 Å². The quantitative estimate of drug-likeness (QED) is 0.806. The Balaban J connectivity index is 3.02. The maximum absolute atomic E-state index is 11.8. The third-order valence-corrected chi connectivity index (χ3v) is 4.33. The van der Waals surface area contributed by atoms with Crippen molar-refractivity contribution >= 4 is 21.8 Å². The molecular weight excluding hydrogens is 270 g/mol. The number of anilines is 1. The highest BCUT2D eigenvalue weighted by Gasteiger charge is 2.18. The third-order valence-electron chi connectivity index (χ3n) is 2.53. The molecule has 7 nitrogen and oxygen atoms in total. The number of carboxylic acids is 1. The minimum Gasteiger partial charge on any atom is -0.480 e. The Morgan fingerprint density at radius 1 is 1.37 bits per heavy atom. The monoisotopic (exact) mass is 287 g/mol. The van der Waals surface area contributed by atoms with E-state index in [0.29, 0.717) is 12.4 Å². The lowest BCUT2D eigenvalue weighted by Crippen LogP contribution is -2.30. The molecule has 1 heterocycles. The minimum atomic E-state index is -3.51. The Bertz CT molecular complexity index is 540. The molecule has 0 aliphatic heterocycles. The number of likely N-dealkylation sites (N-methyl/N-ethyl adjacent to an activating group) is 1. The van der Waals surface area contributed by atoms with Gasteiger partial charge in [0.05, 0.1) is 0 Å². The molecule has 106 valence electrons. The summed E-state index contributed by atoms with van der Waals surface area (Å²) in [5, 5.41) is 8.76. The number of carboxylic acid groups (broad SMARTS) is 1. The van der Waals surface area contributed by atoms with E-state index < -0.39 is 16.0 Å². The second-order valence-corrected chi connectivity index (χ2v) is 6.20. The lowest BCUT2D eigenvalue weighted by Gasteiger charge is -2.20. The number of hydrogen-bond donors (Lipinski definition) is 1. The van der Waals surface area contributed by atoms with Crippen LogP contribution >= 0.6 is 0 Å². The summed E-state index contributed by atoms with van der Waals surface area (Å²) in [5.41, 5.74) is 0. The van der Waals surface area contributed by atoms with Crippen LogP contribution in [-0.2, 0) is 14.8 Å². The van der Waals surface area contributed by atoms with Crippen LogP contribution in [0.15, 0.2) is 23.2 Å². The molecule has 0 aliphatic carbocycles. The molecule has 0 radical (unpaired) electrons. The first-order chi connectivity index (χ1) is 8.78. The summed E-state index contributed by atoms with van der Waals surface area (Å²) in [4.78, 5) is 16.3. The molecular formula is C11H17N3O4S. The Kier molecular flexibility index (Phi) is 4.84. The topological polar surface area (TPSA) is 90.8 Å². The maximum Gasteiger partial charge on any atom is 0.323 e. The molecule has 8 heteroatoms. The van der Waals surface area contributed by atoms with E-state index in [1.54, 1.807) is 6.92 Å². The van der Waals surface area contributed by atoms with Crippen LogP contribution in [0.4, 0.5) is 5.82 Å². The van der Waals surface area contributed by atoms with Crippen molar-refractivity contribution in [2.75, 3.05) is 32.1 Å². The predicted molar refractivity (Wildman–Crippen MR) is 70.6 cm³/mol. The first-order valence-corrected chi connectivity index (χ1v) is 7.08. The first kappa shape index (κ1) is 15.4. The van der Waals surface area contributed by atoms with Gasteiger partial charge >= 0.3 is 5.97 Å². The van der Waals surface area contributed by atoms with Gasteiger partial charge in [0.2, 0.25) is 10.0 Å². The van der Waals surface area contributed by atoms with Crippen molar-refractivity contribution < 1.29 is 18.3 Å². The fourth-order valence-electron chi connectivity index (χ4n) is 1.44. The number of nitrogens with zero attached hydrogens (tertiary/aromatic N) is 3. The molecule has 0 fully saturated rings. The van der Waals surface area contributed by atoms with Gasteiger partial charge in [-0.1, -0.05) is 0 Å². The van der Waals surface area contributed by atoms with Gasteiger partial charge < -0.3 is 10.0 Å². The van der Waals surface area contributed by atoms with E-state index in [9.17, 15) is 13.2 Å². The zero-order valence-electron chi connectivity index (χ0n) is 11.1. The lowest BCUT2D eigenvalue weighted by atomic mass is 10.4. The van der Waals surface area contributed by atoms with Crippen LogP contribution in [0.2, 0.25) is 0 Å². The summed E-state index contributed by atoms with van der Waals surface area (Å²) < 4.78 is 24.8. The van der Waals surface area contributed by atoms with E-state index in [2.05, 4.69) is 4.98 Å². The van der Waals surface area contributed by atoms with Crippen LogP contribution < -0.4 is 4.90 Å². The summed E-state index contributed by atoms with van der Waals surface area (Å²) in [6, 6.07) is 2.92. The number of carbonyl (C=O) groups is 1. The minimum absolute atomic E-state index is 0.0765. The average molecular weight is 287 g/mol. The van der Waals surface area contributed by atoms with Crippen molar-refractivity contribution in [3.8, 4) is 0 Å². The number of pyridine rings is 1. The highest BCUT2D eigenvalue weighted by atomic mass is 32.2. The molecule has 0 saturated carbocycles. The molecule has 0 aromatic carbocycles. The predicted octanol–water partition coefficient (Wildman–Crippen LogP) is 0.243. The molecule has 1 aromatic rings. The van der Waals surface area contributed by atoms with Gasteiger partial charge in [-0.05, 0) is 19.1 Å². The summed E-state index contributed by atoms with van der Waals surface area (Å²) in [7, 11) is -0.640. The van der Waals surface area contributed by atoms with E-state index in [1.165, 1.54) is 37.3 Å². The normalized spacial score (nSPS) is 11.6. The van der Waals surface area contributed by atoms with Gasteiger partial charge in [-0.15, -0.1) is 0 Å². The fraction of sp³-hybridized carbons (Fsp3) is 0.455. The van der Waals surface area contributed by atoms with Crippen LogP contribution in [0.1, 0.15) is 6.92 Å². The zero-order valence-corrected chi connectivity index (χ0v) is 11.9. The van der Waals surface area contributed by atoms with Gasteiger partial charge in [-0.25, -0.2) is 17.7 Å². The van der Waals surface area contributed by atoms with Gasteiger partial charge in [0, 0.05) is 26.8 Å². The molecule has 1 aromatic heterocycles. The van der Waals surface area contributed by atoms with Crippen LogP contribution in [0.25, 0.3) is 0 Å². The van der Waals surface area contributed by atoms with E-state index in [4.69, 9.17) is 5.11 Å². The molecule has 0 spiro atoms. The standard InChI is InChI=1S/C11H17N3O4S/c1-4-14(8-11(15)16)10-6-5-9(7-12-10)19(17,18)13(2)3/h5-7H,4,8H2,1-3H3,(H,15,16). The molecule has 1 rings (SSSR count). The molecule has 0 saturated heterocycles. The fourth-order valence-corrected chi connectivity index (χ4v) is 2.29. The van der Waals surface area contributed by atoms with Crippen LogP contribution in [0.3, 0.4) is 0 Å². The molecule has 0 unspecified atom stereocenters. The maximum atomic E-state index is 11.8. The van der Waals surface area contributed by atoms with Crippen LogP contribution in [-0.4, -0.2) is 56.0 Å². The smallest absolute Gasteiger partial charge is 0.323 e. The van der Waals surface area contributed by atoms with Crippen LogP contribution in [0.5, 0.6) is 0 Å². The van der Waals surface area contributed by atoms with E-state index in [-0.39, 0.29) is 11.4 Å². The highest BCUT2D eigenvalue weighted by Crippen LogP contribution is 2.16. The molecule has 0 atom stereocenters. The number of hydrogen-bond acceptors (Lipinski definition) is 5. The molecule has 0 bridgehead atoms. The Hall–Kier alpha value is -1.67. The third kappa shape index (κ3) is 3.65. The second kappa shape index (κ2) is 5.98. The second-order valence-electron chi connectivity index (χ2n) is 4.05. The summed E-state index contributed by atoms with van der Waals surface area (Å²) >= 11 is 0. The van der Waals surface area contributed by atoms with E-state index in [0.717, 1.165) is 4.31 Å². The van der Waals surface area contributed by atoms with Crippen molar-refractivity contribution in [3.05, 3.63) is 18.3 Å². The van der Waals surface area contributed by atoms with E-state index in [1.807, 2.05) is 0 Å². The summed E-state index contributed by atoms with van der Waals surface area (Å²) in [6.07, 6.45) is 1.23. The number of aliphatic carboxylic acids is 1. The number of rotatable bonds is 6. The van der Waals surface area contributed by atoms with Gasteiger partial charge in [-0.3, -0.25) is 4.79 Å². The Morgan fingerprint density at radius 2 is 2.00 bits per heavy atom. The Morgan fingerprint density at radius 3 is 2.37 bits per heavy atom. The van der Waals surface area contributed by atoms with Crippen molar-refractivity contribution in [1.29, 1.82) is 0 Å². The molecule has 19 heavy (non-hydrogen) atoms. The lowest BCUT2D eigenvalue weighted by molar-refractivity contribution is -0.135. The molecule has 1 N–H and O–H groups in total. The van der Waals surface area contributed by atoms with Crippen molar-refractivity contribution in [1.82, 2.24) is 9.29 Å². The summed E-state index contributed by atoms with van der Waals surface area (Å²) in [6.45, 7) is 2.09. The Labute approximate surface area is 112 Å². The SMILES string of the molecule is CCN(CC(=O)O)c1ccc(S(=O)(=O)N(C)C)cn1. The largest absolute Gasteiger partial charge is 0.480 e. The van der Waals surface area contributed by atoms with Crippen molar-refractivity contribution in [3.63, 3.8) is 0 Å². The molecule has 0 amide bonds. The van der Waals surface area contributed by atoms with Gasteiger partial charge in [-0.2, -0.15) is 0 Å². The van der Waals surface area contributed by atoms with Gasteiger partial charge in [0.1, 0.15) is 17.3 Å². The van der Waals surface area contributed by atoms with E-state index >= 15 is 0 Å². The highest BCUT2D eigenvalue weighted by molar-refractivity contribution is 7.89. The zero-order chi connectivity index (χ0) is 14.6. The van der Waals surface area contributed by atoms with Crippen molar-refractivity contribution in [2.24, 2.45) is 0 Å². The van der Waals surface area contributed by atoms with Gasteiger partial charge in [0.25, 0.3) is 0 Å². The first-order valence-electron chi connectivity index (χ1n) is 5.64. The van der Waals surface area contributed by atoms with Crippen LogP contribution in [0, 0.1) is 0 Å². The molecule has 0 aliphatic rings. The van der Waals surface area contributed by atoms with Gasteiger partial charge in [0.15, 0.2) is 0 Å². The number of aromatic nitrogens is 1. The summed E-state index contributed by atoms with van der Waals surface area (Å²) in [5.74, 6) is -0.531. The number of sulfonamides is 1. The average Bonchev–Trinajstić information content (AvgIpc) is 2.35.